The number of aliphatic hydroxyl groups excluding tert-OH is 7. The molecule has 1 heterocycles. The fourth-order valence-corrected chi connectivity index (χ4v) is 9.36. The number of carbonyl (C=O) groups is 1. The Balaban J connectivity index is 2.28. The minimum atomic E-state index is -1.67. The molecule has 0 saturated carbocycles. The normalized spacial score (nSPS) is 20.5. The van der Waals surface area contributed by atoms with Crippen LogP contribution in [0.5, 0.6) is 0 Å². The molecule has 11 nitrogen and oxygen atoms in total. The number of nitrogens with one attached hydrogen (secondary N) is 1. The second-order valence-electron chi connectivity index (χ2n) is 20.7. The topological polar surface area (TPSA) is 189 Å². The Labute approximate surface area is 428 Å². The van der Waals surface area contributed by atoms with Crippen LogP contribution in [0.3, 0.4) is 0 Å². The summed E-state index contributed by atoms with van der Waals surface area (Å²) in [6.45, 7) is 3.45. The summed E-state index contributed by atoms with van der Waals surface area (Å²) in [5, 5.41) is 76.0. The number of hydrogen-bond donors (Lipinski definition) is 8. The number of aliphatic hydroxyl groups is 7. The van der Waals surface area contributed by atoms with Crippen LogP contribution in [0, 0.1) is 0 Å². The SMILES string of the molecule is CCCCCCCCCCC/C=C\C/C=C\CCCCCCCCCCCCCCC(O)C(=O)NC(COC1OC(CO)C(O)C(O)C1O)C(O)C(O)CCC/C=C/CCCCCCCCCCCC. The molecule has 1 amide bonds. The molecule has 0 radical (unpaired) electrons. The Kier molecular flexibility index (Phi) is 45.8. The number of allylic oxidation sites excluding steroid dienone is 6. The van der Waals surface area contributed by atoms with Crippen LogP contribution in [0.2, 0.25) is 0 Å². The minimum Gasteiger partial charge on any atom is -0.394 e. The van der Waals surface area contributed by atoms with Crippen molar-refractivity contribution in [2.24, 2.45) is 0 Å². The Bertz CT molecular complexity index is 1230. The first-order chi connectivity index (χ1) is 34.2. The molecule has 1 aliphatic heterocycles. The van der Waals surface area contributed by atoms with Crippen LogP contribution in [-0.2, 0) is 14.3 Å². The third-order valence-electron chi connectivity index (χ3n) is 14.2. The van der Waals surface area contributed by atoms with Crippen molar-refractivity contribution in [3.05, 3.63) is 36.5 Å². The number of amides is 1. The van der Waals surface area contributed by atoms with E-state index in [2.05, 4.69) is 55.6 Å². The lowest BCUT2D eigenvalue weighted by Gasteiger charge is -2.40. The number of ether oxygens (including phenoxy) is 2. The van der Waals surface area contributed by atoms with Crippen molar-refractivity contribution in [1.82, 2.24) is 5.32 Å². The lowest BCUT2D eigenvalue weighted by molar-refractivity contribution is -0.303. The van der Waals surface area contributed by atoms with E-state index in [1.165, 1.54) is 180 Å². The first-order valence-corrected chi connectivity index (χ1v) is 29.4. The molecule has 1 saturated heterocycles. The lowest BCUT2D eigenvalue weighted by Crippen LogP contribution is -2.60. The molecule has 1 fully saturated rings. The number of rotatable bonds is 50. The van der Waals surface area contributed by atoms with Crippen LogP contribution in [-0.4, -0.2) is 110 Å². The average molecular weight is 995 g/mol. The fraction of sp³-hybridized carbons (Fsp3) is 0.881. The van der Waals surface area contributed by atoms with Gasteiger partial charge in [-0.3, -0.25) is 4.79 Å². The summed E-state index contributed by atoms with van der Waals surface area (Å²) in [6.07, 6.45) is 47.8. The second kappa shape index (κ2) is 48.3. The van der Waals surface area contributed by atoms with Crippen molar-refractivity contribution >= 4 is 5.91 Å². The molecule has 9 atom stereocenters. The molecule has 412 valence electrons. The molecule has 70 heavy (non-hydrogen) atoms. The predicted octanol–water partition coefficient (Wildman–Crippen LogP) is 12.3. The average Bonchev–Trinajstić information content (AvgIpc) is 3.36. The van der Waals surface area contributed by atoms with Gasteiger partial charge in [0, 0.05) is 0 Å². The molecular weight excluding hydrogens is 883 g/mol. The van der Waals surface area contributed by atoms with E-state index in [1.807, 2.05) is 0 Å². The summed E-state index contributed by atoms with van der Waals surface area (Å²) in [5.41, 5.74) is 0. The van der Waals surface area contributed by atoms with E-state index in [-0.39, 0.29) is 12.8 Å². The van der Waals surface area contributed by atoms with Gasteiger partial charge in [0.25, 0.3) is 0 Å². The molecule has 8 N–H and O–H groups in total. The van der Waals surface area contributed by atoms with Crippen LogP contribution in [0.25, 0.3) is 0 Å². The number of carbonyl (C=O) groups excluding carboxylic acids is 1. The molecule has 9 unspecified atom stereocenters. The lowest BCUT2D eigenvalue weighted by atomic mass is 9.98. The van der Waals surface area contributed by atoms with Gasteiger partial charge < -0.3 is 50.5 Å². The van der Waals surface area contributed by atoms with E-state index < -0.39 is 74.2 Å². The van der Waals surface area contributed by atoms with Crippen LogP contribution in [0.4, 0.5) is 0 Å². The van der Waals surface area contributed by atoms with Crippen LogP contribution >= 0.6 is 0 Å². The summed E-state index contributed by atoms with van der Waals surface area (Å²) >= 11 is 0. The monoisotopic (exact) mass is 994 g/mol. The van der Waals surface area contributed by atoms with Crippen molar-refractivity contribution in [3.63, 3.8) is 0 Å². The number of hydrogen-bond acceptors (Lipinski definition) is 10. The van der Waals surface area contributed by atoms with E-state index in [9.17, 15) is 40.5 Å². The van der Waals surface area contributed by atoms with E-state index in [0.29, 0.717) is 12.8 Å². The molecule has 0 aromatic heterocycles. The smallest absolute Gasteiger partial charge is 0.249 e. The highest BCUT2D eigenvalue weighted by molar-refractivity contribution is 5.80. The number of unbranched alkanes of at least 4 members (excludes halogenated alkanes) is 32. The quantitative estimate of drug-likeness (QED) is 0.0215. The zero-order valence-corrected chi connectivity index (χ0v) is 45.0. The van der Waals surface area contributed by atoms with Crippen LogP contribution in [0.1, 0.15) is 264 Å². The zero-order valence-electron chi connectivity index (χ0n) is 45.0. The Morgan fingerprint density at radius 2 is 0.886 bits per heavy atom. The largest absolute Gasteiger partial charge is 0.394 e. The molecule has 0 aliphatic carbocycles. The standard InChI is InChI=1S/C59H111NO10/c1-3-5-7-9-11-13-15-17-19-20-21-22-23-24-25-26-27-28-29-30-31-33-35-37-39-41-43-45-47-52(63)58(68)60-50(49-69-59-57(67)56(66)55(65)53(48-61)70-59)54(64)51(62)46-44-42-40-38-36-34-32-18-16-14-12-10-8-6-4-2/h21-22,24-25,38,40,50-57,59,61-67H,3-20,23,26-37,39,41-49H2,1-2H3,(H,60,68)/b22-21-,25-24-,40-38+. The van der Waals surface area contributed by atoms with E-state index in [4.69, 9.17) is 9.47 Å². The van der Waals surface area contributed by atoms with Crippen molar-refractivity contribution in [2.45, 2.75) is 319 Å². The van der Waals surface area contributed by atoms with Gasteiger partial charge in [0.05, 0.1) is 25.4 Å². The minimum absolute atomic E-state index is 0.252. The Morgan fingerprint density at radius 1 is 0.500 bits per heavy atom. The highest BCUT2D eigenvalue weighted by Gasteiger charge is 2.44. The fourth-order valence-electron chi connectivity index (χ4n) is 9.36. The predicted molar refractivity (Wildman–Crippen MR) is 289 cm³/mol. The van der Waals surface area contributed by atoms with Gasteiger partial charge in [-0.1, -0.05) is 230 Å². The van der Waals surface area contributed by atoms with E-state index in [1.54, 1.807) is 0 Å². The van der Waals surface area contributed by atoms with Gasteiger partial charge >= 0.3 is 0 Å². The van der Waals surface area contributed by atoms with Crippen molar-refractivity contribution < 1.29 is 50.0 Å². The maximum Gasteiger partial charge on any atom is 0.249 e. The molecule has 1 aliphatic rings. The van der Waals surface area contributed by atoms with Gasteiger partial charge in [0.2, 0.25) is 5.91 Å². The highest BCUT2D eigenvalue weighted by atomic mass is 16.7. The molecule has 0 bridgehead atoms. The van der Waals surface area contributed by atoms with E-state index in [0.717, 1.165) is 44.9 Å². The zero-order chi connectivity index (χ0) is 51.1. The Morgan fingerprint density at radius 3 is 1.31 bits per heavy atom. The summed E-state index contributed by atoms with van der Waals surface area (Å²) in [7, 11) is 0. The molecular formula is C59H111NO10. The summed E-state index contributed by atoms with van der Waals surface area (Å²) in [6, 6.07) is -1.19. The maximum absolute atomic E-state index is 13.2. The van der Waals surface area contributed by atoms with Gasteiger partial charge in [0.15, 0.2) is 6.29 Å². The van der Waals surface area contributed by atoms with Crippen molar-refractivity contribution in [2.75, 3.05) is 13.2 Å². The second-order valence-corrected chi connectivity index (χ2v) is 20.7. The molecule has 0 spiro atoms. The molecule has 0 aromatic rings. The van der Waals surface area contributed by atoms with Crippen molar-refractivity contribution in [1.29, 1.82) is 0 Å². The first-order valence-electron chi connectivity index (χ1n) is 29.4. The molecule has 11 heteroatoms. The van der Waals surface area contributed by atoms with Gasteiger partial charge in [-0.2, -0.15) is 0 Å². The third kappa shape index (κ3) is 36.3. The highest BCUT2D eigenvalue weighted by Crippen LogP contribution is 2.23. The summed E-state index contributed by atoms with van der Waals surface area (Å²) in [4.78, 5) is 13.2. The van der Waals surface area contributed by atoms with Gasteiger partial charge in [0.1, 0.15) is 36.6 Å². The Hall–Kier alpha value is -1.67. The van der Waals surface area contributed by atoms with Gasteiger partial charge in [-0.15, -0.1) is 0 Å². The van der Waals surface area contributed by atoms with Crippen molar-refractivity contribution in [3.8, 4) is 0 Å². The molecule has 0 aromatic carbocycles. The van der Waals surface area contributed by atoms with Crippen LogP contribution in [0.15, 0.2) is 36.5 Å². The van der Waals surface area contributed by atoms with Crippen LogP contribution < -0.4 is 5.32 Å². The summed E-state index contributed by atoms with van der Waals surface area (Å²) in [5.74, 6) is -0.706. The third-order valence-corrected chi connectivity index (χ3v) is 14.2. The molecule has 1 rings (SSSR count). The first kappa shape index (κ1) is 66.3. The van der Waals surface area contributed by atoms with E-state index >= 15 is 0 Å². The van der Waals surface area contributed by atoms with Gasteiger partial charge in [-0.05, 0) is 70.6 Å². The van der Waals surface area contributed by atoms with Gasteiger partial charge in [-0.25, -0.2) is 0 Å². The summed E-state index contributed by atoms with van der Waals surface area (Å²) < 4.78 is 11.1. The maximum atomic E-state index is 13.2.